The molecule has 0 aliphatic rings. The Bertz CT molecular complexity index is 220. The van der Waals surface area contributed by atoms with Crippen LogP contribution in [0.4, 0.5) is 0 Å². The van der Waals surface area contributed by atoms with Gasteiger partial charge >= 0.3 is 5.97 Å². The number of aliphatic hydroxyl groups excluding tert-OH is 1. The van der Waals surface area contributed by atoms with Crippen LogP contribution in [-0.2, 0) is 19.0 Å². The van der Waals surface area contributed by atoms with Gasteiger partial charge in [-0.2, -0.15) is 0 Å². The summed E-state index contributed by atoms with van der Waals surface area (Å²) in [6, 6.07) is 0. The van der Waals surface area contributed by atoms with E-state index in [-0.39, 0.29) is 12.6 Å². The lowest BCUT2D eigenvalue weighted by Crippen LogP contribution is -2.23. The first kappa shape index (κ1) is 19.4. The molecule has 1 atom stereocenters. The van der Waals surface area contributed by atoms with E-state index in [1.807, 2.05) is 6.92 Å². The van der Waals surface area contributed by atoms with Crippen molar-refractivity contribution in [2.45, 2.75) is 65.1 Å². The van der Waals surface area contributed by atoms with Crippen LogP contribution in [0.1, 0.15) is 58.8 Å². The normalized spacial score (nSPS) is 12.3. The standard InChI is InChI=1S/C15H30O5/c1-3-5-6-7-8-9-10-14(16)20-15(17)13-19-12-11-18-4-2/h15,17H,3-13H2,1-2H3. The van der Waals surface area contributed by atoms with Crippen LogP contribution in [0.2, 0.25) is 0 Å². The van der Waals surface area contributed by atoms with Crippen molar-refractivity contribution in [2.75, 3.05) is 26.4 Å². The molecular weight excluding hydrogens is 260 g/mol. The molecule has 0 aliphatic carbocycles. The summed E-state index contributed by atoms with van der Waals surface area (Å²) in [4.78, 5) is 11.4. The van der Waals surface area contributed by atoms with E-state index < -0.39 is 6.29 Å². The molecular formula is C15H30O5. The zero-order chi connectivity index (χ0) is 15.1. The lowest BCUT2D eigenvalue weighted by molar-refractivity contribution is -0.177. The smallest absolute Gasteiger partial charge is 0.308 e. The monoisotopic (exact) mass is 290 g/mol. The van der Waals surface area contributed by atoms with Crippen LogP contribution in [0, 0.1) is 0 Å². The molecule has 0 aromatic carbocycles. The molecule has 0 heterocycles. The summed E-state index contributed by atoms with van der Waals surface area (Å²) in [6.07, 6.45) is 5.90. The minimum atomic E-state index is -1.18. The maximum absolute atomic E-state index is 11.4. The summed E-state index contributed by atoms with van der Waals surface area (Å²) >= 11 is 0. The third-order valence-electron chi connectivity index (χ3n) is 2.84. The lowest BCUT2D eigenvalue weighted by atomic mass is 10.1. The van der Waals surface area contributed by atoms with Gasteiger partial charge < -0.3 is 19.3 Å². The summed E-state index contributed by atoms with van der Waals surface area (Å²) in [5.74, 6) is -0.360. The molecule has 0 radical (unpaired) electrons. The highest BCUT2D eigenvalue weighted by atomic mass is 16.7. The number of rotatable bonds is 14. The topological polar surface area (TPSA) is 65.0 Å². The van der Waals surface area contributed by atoms with Gasteiger partial charge in [-0.3, -0.25) is 4.79 Å². The second-order valence-electron chi connectivity index (χ2n) is 4.73. The predicted molar refractivity (Wildman–Crippen MR) is 77.4 cm³/mol. The highest BCUT2D eigenvalue weighted by Crippen LogP contribution is 2.07. The van der Waals surface area contributed by atoms with Gasteiger partial charge in [-0.1, -0.05) is 39.0 Å². The largest absolute Gasteiger partial charge is 0.433 e. The van der Waals surface area contributed by atoms with Crippen LogP contribution in [0.5, 0.6) is 0 Å². The summed E-state index contributed by atoms with van der Waals surface area (Å²) in [5.41, 5.74) is 0. The summed E-state index contributed by atoms with van der Waals surface area (Å²) in [5, 5.41) is 9.44. The lowest BCUT2D eigenvalue weighted by Gasteiger charge is -2.12. The van der Waals surface area contributed by atoms with Gasteiger partial charge in [0, 0.05) is 13.0 Å². The molecule has 0 aromatic rings. The fourth-order valence-electron chi connectivity index (χ4n) is 1.74. The van der Waals surface area contributed by atoms with E-state index in [2.05, 4.69) is 6.92 Å². The molecule has 1 N–H and O–H groups in total. The van der Waals surface area contributed by atoms with Gasteiger partial charge in [0.25, 0.3) is 0 Å². The zero-order valence-electron chi connectivity index (χ0n) is 12.9. The number of hydrogen-bond acceptors (Lipinski definition) is 5. The second-order valence-corrected chi connectivity index (χ2v) is 4.73. The minimum absolute atomic E-state index is 0.00465. The van der Waals surface area contributed by atoms with Crippen LogP contribution in [0.3, 0.4) is 0 Å². The summed E-state index contributed by atoms with van der Waals surface area (Å²) in [7, 11) is 0. The Kier molecular flexibility index (Phi) is 14.3. The maximum Gasteiger partial charge on any atom is 0.308 e. The maximum atomic E-state index is 11.4. The van der Waals surface area contributed by atoms with Crippen molar-refractivity contribution < 1.29 is 24.1 Å². The van der Waals surface area contributed by atoms with Crippen molar-refractivity contribution in [3.05, 3.63) is 0 Å². The molecule has 0 aliphatic heterocycles. The van der Waals surface area contributed by atoms with Gasteiger partial charge in [0.2, 0.25) is 6.29 Å². The molecule has 20 heavy (non-hydrogen) atoms. The first-order chi connectivity index (χ1) is 9.70. The van der Waals surface area contributed by atoms with E-state index in [0.29, 0.717) is 26.2 Å². The van der Waals surface area contributed by atoms with Crippen LogP contribution in [-0.4, -0.2) is 43.8 Å². The molecule has 0 saturated carbocycles. The quantitative estimate of drug-likeness (QED) is 0.303. The van der Waals surface area contributed by atoms with Crippen molar-refractivity contribution in [2.24, 2.45) is 0 Å². The molecule has 0 spiro atoms. The SMILES string of the molecule is CCCCCCCCC(=O)OC(O)COCCOCC. The van der Waals surface area contributed by atoms with Crippen LogP contribution in [0.15, 0.2) is 0 Å². The highest BCUT2D eigenvalue weighted by Gasteiger charge is 2.10. The van der Waals surface area contributed by atoms with Crippen molar-refractivity contribution in [1.29, 1.82) is 0 Å². The van der Waals surface area contributed by atoms with E-state index in [9.17, 15) is 9.90 Å². The summed E-state index contributed by atoms with van der Waals surface area (Å²) < 4.78 is 15.0. The third-order valence-corrected chi connectivity index (χ3v) is 2.84. The van der Waals surface area contributed by atoms with Crippen LogP contribution >= 0.6 is 0 Å². The van der Waals surface area contributed by atoms with E-state index in [1.54, 1.807) is 0 Å². The molecule has 0 fully saturated rings. The number of hydrogen-bond donors (Lipinski definition) is 1. The van der Waals surface area contributed by atoms with E-state index in [1.165, 1.54) is 19.3 Å². The van der Waals surface area contributed by atoms with Gasteiger partial charge in [-0.15, -0.1) is 0 Å². The van der Waals surface area contributed by atoms with E-state index >= 15 is 0 Å². The Labute approximate surface area is 122 Å². The van der Waals surface area contributed by atoms with Crippen molar-refractivity contribution in [1.82, 2.24) is 0 Å². The number of ether oxygens (including phenoxy) is 3. The molecule has 0 rings (SSSR count). The molecule has 0 bridgehead atoms. The Hall–Kier alpha value is -0.650. The van der Waals surface area contributed by atoms with Gasteiger partial charge in [0.15, 0.2) is 0 Å². The molecule has 5 heteroatoms. The molecule has 5 nitrogen and oxygen atoms in total. The molecule has 1 unspecified atom stereocenters. The van der Waals surface area contributed by atoms with Gasteiger partial charge in [-0.05, 0) is 13.3 Å². The Morgan fingerprint density at radius 3 is 2.35 bits per heavy atom. The highest BCUT2D eigenvalue weighted by molar-refractivity contribution is 5.69. The van der Waals surface area contributed by atoms with Gasteiger partial charge in [-0.25, -0.2) is 0 Å². The Morgan fingerprint density at radius 2 is 1.65 bits per heavy atom. The summed E-state index contributed by atoms with van der Waals surface area (Å²) in [6.45, 7) is 5.58. The van der Waals surface area contributed by atoms with Crippen molar-refractivity contribution >= 4 is 5.97 Å². The average molecular weight is 290 g/mol. The Balaban J connectivity index is 3.36. The number of carbonyl (C=O) groups is 1. The van der Waals surface area contributed by atoms with E-state index in [0.717, 1.165) is 19.3 Å². The number of esters is 1. The molecule has 0 amide bonds. The first-order valence-corrected chi connectivity index (χ1v) is 7.73. The third kappa shape index (κ3) is 13.8. The first-order valence-electron chi connectivity index (χ1n) is 7.73. The number of unbranched alkanes of at least 4 members (excludes halogenated alkanes) is 5. The fraction of sp³-hybridized carbons (Fsp3) is 0.933. The fourth-order valence-corrected chi connectivity index (χ4v) is 1.74. The van der Waals surface area contributed by atoms with Gasteiger partial charge in [0.1, 0.15) is 6.61 Å². The molecule has 120 valence electrons. The average Bonchev–Trinajstić information content (AvgIpc) is 2.42. The van der Waals surface area contributed by atoms with Gasteiger partial charge in [0.05, 0.1) is 13.2 Å². The van der Waals surface area contributed by atoms with E-state index in [4.69, 9.17) is 14.2 Å². The predicted octanol–water partition coefficient (Wildman–Crippen LogP) is 2.65. The molecule has 0 saturated heterocycles. The van der Waals surface area contributed by atoms with Crippen molar-refractivity contribution in [3.8, 4) is 0 Å². The van der Waals surface area contributed by atoms with Crippen molar-refractivity contribution in [3.63, 3.8) is 0 Å². The Morgan fingerprint density at radius 1 is 1.00 bits per heavy atom. The minimum Gasteiger partial charge on any atom is -0.433 e. The number of carbonyl (C=O) groups excluding carboxylic acids is 1. The van der Waals surface area contributed by atoms with Crippen LogP contribution in [0.25, 0.3) is 0 Å². The van der Waals surface area contributed by atoms with Crippen LogP contribution < -0.4 is 0 Å². The molecule has 0 aromatic heterocycles. The number of aliphatic hydroxyl groups is 1. The zero-order valence-corrected chi connectivity index (χ0v) is 12.9. The second kappa shape index (κ2) is 14.8.